The van der Waals surface area contributed by atoms with Crippen LogP contribution < -0.4 is 0 Å². The molecule has 0 atom stereocenters. The first kappa shape index (κ1) is 8.31. The Morgan fingerprint density at radius 2 is 2.00 bits per heavy atom. The van der Waals surface area contributed by atoms with Gasteiger partial charge in [0.1, 0.15) is 0 Å². The molecule has 1 aliphatic rings. The predicted molar refractivity (Wildman–Crippen MR) is 57.7 cm³/mol. The lowest BCUT2D eigenvalue weighted by Gasteiger charge is -2.05. The molecule has 2 rings (SSSR count). The highest BCUT2D eigenvalue weighted by atomic mass is 14.1. The van der Waals surface area contributed by atoms with Crippen molar-refractivity contribution in [3.8, 4) is 0 Å². The van der Waals surface area contributed by atoms with Crippen LogP contribution in [0.25, 0.3) is 5.57 Å². The fourth-order valence-corrected chi connectivity index (χ4v) is 1.80. The summed E-state index contributed by atoms with van der Waals surface area (Å²) in [6.45, 7) is 4.31. The Morgan fingerprint density at radius 3 is 2.62 bits per heavy atom. The second-order valence-corrected chi connectivity index (χ2v) is 3.62. The third-order valence-electron chi connectivity index (χ3n) is 2.46. The van der Waals surface area contributed by atoms with Crippen molar-refractivity contribution < 1.29 is 0 Å². The first-order valence-corrected chi connectivity index (χ1v) is 4.72. The Hall–Kier alpha value is -1.30. The molecule has 0 bridgehead atoms. The molecule has 1 aromatic carbocycles. The summed E-state index contributed by atoms with van der Waals surface area (Å²) in [5.74, 6) is 0. The Balaban J connectivity index is 2.46. The van der Waals surface area contributed by atoms with Gasteiger partial charge in [-0.1, -0.05) is 42.0 Å². The molecule has 0 aromatic heterocycles. The van der Waals surface area contributed by atoms with E-state index >= 15 is 0 Å². The summed E-state index contributed by atoms with van der Waals surface area (Å²) in [5, 5.41) is 0. The van der Waals surface area contributed by atoms with Gasteiger partial charge in [-0.15, -0.1) is 0 Å². The van der Waals surface area contributed by atoms with Crippen molar-refractivity contribution in [3.63, 3.8) is 0 Å². The van der Waals surface area contributed by atoms with E-state index in [1.165, 1.54) is 22.3 Å². The molecule has 0 N–H and O–H groups in total. The fraction of sp³-hybridized carbons (Fsp3) is 0.231. The van der Waals surface area contributed by atoms with E-state index in [9.17, 15) is 0 Å². The van der Waals surface area contributed by atoms with Gasteiger partial charge < -0.3 is 0 Å². The molecule has 13 heavy (non-hydrogen) atoms. The van der Waals surface area contributed by atoms with Crippen LogP contribution in [0.2, 0.25) is 0 Å². The third-order valence-corrected chi connectivity index (χ3v) is 2.46. The minimum absolute atomic E-state index is 1.09. The van der Waals surface area contributed by atoms with Gasteiger partial charge in [-0.25, -0.2) is 0 Å². The summed E-state index contributed by atoms with van der Waals surface area (Å²) in [4.78, 5) is 0. The minimum Gasteiger partial charge on any atom is -0.0801 e. The highest BCUT2D eigenvalue weighted by molar-refractivity contribution is 5.78. The summed E-state index contributed by atoms with van der Waals surface area (Å²) in [5.41, 5.74) is 5.46. The molecule has 0 aliphatic heterocycles. The predicted octanol–water partition coefficient (Wildman–Crippen LogP) is 3.65. The van der Waals surface area contributed by atoms with Crippen molar-refractivity contribution in [2.24, 2.45) is 0 Å². The van der Waals surface area contributed by atoms with Crippen molar-refractivity contribution in [3.05, 3.63) is 53.1 Å². The highest BCUT2D eigenvalue weighted by Gasteiger charge is 2.04. The molecule has 0 saturated carbocycles. The zero-order valence-electron chi connectivity index (χ0n) is 8.17. The van der Waals surface area contributed by atoms with E-state index < -0.39 is 0 Å². The molecule has 0 unspecified atom stereocenters. The third kappa shape index (κ3) is 1.57. The second-order valence-electron chi connectivity index (χ2n) is 3.62. The largest absolute Gasteiger partial charge is 0.0801 e. The average Bonchev–Trinajstić information content (AvgIpc) is 2.56. The van der Waals surface area contributed by atoms with Crippen LogP contribution >= 0.6 is 0 Å². The van der Waals surface area contributed by atoms with Gasteiger partial charge in [-0.2, -0.15) is 0 Å². The second kappa shape index (κ2) is 3.21. The maximum atomic E-state index is 2.28. The highest BCUT2D eigenvalue weighted by Crippen LogP contribution is 2.24. The quantitative estimate of drug-likeness (QED) is 0.603. The average molecular weight is 170 g/mol. The Morgan fingerprint density at radius 1 is 1.15 bits per heavy atom. The zero-order valence-corrected chi connectivity index (χ0v) is 8.17. The van der Waals surface area contributed by atoms with Crippen molar-refractivity contribution in [1.82, 2.24) is 0 Å². The van der Waals surface area contributed by atoms with Crippen LogP contribution in [0.5, 0.6) is 0 Å². The van der Waals surface area contributed by atoms with Gasteiger partial charge in [0.2, 0.25) is 0 Å². The molecular formula is C13H14. The number of hydrogen-bond donors (Lipinski definition) is 0. The maximum Gasteiger partial charge on any atom is -0.0157 e. The summed E-state index contributed by atoms with van der Waals surface area (Å²) >= 11 is 0. The van der Waals surface area contributed by atoms with Gasteiger partial charge >= 0.3 is 0 Å². The normalized spacial score (nSPS) is 14.8. The van der Waals surface area contributed by atoms with E-state index in [4.69, 9.17) is 0 Å². The van der Waals surface area contributed by atoms with Gasteiger partial charge in [-0.3, -0.25) is 0 Å². The molecule has 1 aromatic rings. The van der Waals surface area contributed by atoms with Crippen LogP contribution in [0.15, 0.2) is 36.4 Å². The number of benzene rings is 1. The SMILES string of the molecule is Cc1ccc(C2=CCC=C2)c(C)c1. The molecule has 0 saturated heterocycles. The Kier molecular flexibility index (Phi) is 2.05. The van der Waals surface area contributed by atoms with Crippen LogP contribution in [0.4, 0.5) is 0 Å². The van der Waals surface area contributed by atoms with Crippen LogP contribution in [-0.4, -0.2) is 0 Å². The lowest BCUT2D eigenvalue weighted by atomic mass is 10.00. The molecule has 0 radical (unpaired) electrons. The van der Waals surface area contributed by atoms with E-state index in [1.54, 1.807) is 0 Å². The fourth-order valence-electron chi connectivity index (χ4n) is 1.80. The van der Waals surface area contributed by atoms with Crippen molar-refractivity contribution in [2.45, 2.75) is 20.3 Å². The summed E-state index contributed by atoms with van der Waals surface area (Å²) in [6, 6.07) is 6.63. The van der Waals surface area contributed by atoms with Crippen molar-refractivity contribution in [2.75, 3.05) is 0 Å². The van der Waals surface area contributed by atoms with Gasteiger partial charge in [0, 0.05) is 0 Å². The number of aryl methyl sites for hydroxylation is 2. The van der Waals surface area contributed by atoms with Gasteiger partial charge in [-0.05, 0) is 37.0 Å². The van der Waals surface area contributed by atoms with Crippen LogP contribution in [0.3, 0.4) is 0 Å². The number of rotatable bonds is 1. The molecule has 0 heteroatoms. The van der Waals surface area contributed by atoms with Crippen LogP contribution in [-0.2, 0) is 0 Å². The zero-order chi connectivity index (χ0) is 9.26. The smallest absolute Gasteiger partial charge is 0.0157 e. The van der Waals surface area contributed by atoms with Crippen molar-refractivity contribution >= 4 is 5.57 Å². The standard InChI is InChI=1S/C13H14/c1-10-7-8-13(11(2)9-10)12-5-3-4-6-12/h3,5-9H,4H2,1-2H3. The van der Waals surface area contributed by atoms with E-state index in [2.05, 4.69) is 50.3 Å². The lowest BCUT2D eigenvalue weighted by Crippen LogP contribution is -1.86. The topological polar surface area (TPSA) is 0 Å². The molecule has 1 aliphatic carbocycles. The molecular weight excluding hydrogens is 156 g/mol. The van der Waals surface area contributed by atoms with Gasteiger partial charge in [0.15, 0.2) is 0 Å². The van der Waals surface area contributed by atoms with E-state index in [0.29, 0.717) is 0 Å². The molecule has 0 heterocycles. The van der Waals surface area contributed by atoms with Crippen LogP contribution in [0.1, 0.15) is 23.1 Å². The van der Waals surface area contributed by atoms with Gasteiger partial charge in [0.25, 0.3) is 0 Å². The molecule has 0 amide bonds. The summed E-state index contributed by atoms with van der Waals surface area (Å²) in [6.07, 6.45) is 7.77. The van der Waals surface area contributed by atoms with E-state index in [-0.39, 0.29) is 0 Å². The first-order chi connectivity index (χ1) is 6.27. The molecule has 66 valence electrons. The molecule has 0 nitrogen and oxygen atoms in total. The minimum atomic E-state index is 1.09. The summed E-state index contributed by atoms with van der Waals surface area (Å²) in [7, 11) is 0. The van der Waals surface area contributed by atoms with Crippen molar-refractivity contribution in [1.29, 1.82) is 0 Å². The Bertz CT molecular complexity index is 381. The Labute approximate surface area is 79.6 Å². The molecule has 0 fully saturated rings. The maximum absolute atomic E-state index is 2.28. The van der Waals surface area contributed by atoms with E-state index in [0.717, 1.165) is 6.42 Å². The summed E-state index contributed by atoms with van der Waals surface area (Å²) < 4.78 is 0. The van der Waals surface area contributed by atoms with E-state index in [1.807, 2.05) is 0 Å². The van der Waals surface area contributed by atoms with Gasteiger partial charge in [0.05, 0.1) is 0 Å². The number of hydrogen-bond acceptors (Lipinski definition) is 0. The number of allylic oxidation sites excluding steroid dienone is 4. The lowest BCUT2D eigenvalue weighted by molar-refractivity contribution is 1.36. The first-order valence-electron chi connectivity index (χ1n) is 4.72. The monoisotopic (exact) mass is 170 g/mol. The van der Waals surface area contributed by atoms with Crippen LogP contribution in [0, 0.1) is 13.8 Å². The molecule has 0 spiro atoms.